The molecular formula is C13H13F5N2O2. The van der Waals surface area contributed by atoms with Crippen LogP contribution in [0.5, 0.6) is 5.75 Å². The Balaban J connectivity index is 2.13. The van der Waals surface area contributed by atoms with Crippen molar-refractivity contribution in [2.24, 2.45) is 0 Å². The molecule has 1 aromatic rings. The summed E-state index contributed by atoms with van der Waals surface area (Å²) in [6.45, 7) is -0.00354. The lowest BCUT2D eigenvalue weighted by Gasteiger charge is -2.22. The van der Waals surface area contributed by atoms with Crippen LogP contribution in [0.4, 0.5) is 22.0 Å². The second-order valence-corrected chi connectivity index (χ2v) is 5.09. The summed E-state index contributed by atoms with van der Waals surface area (Å²) in [5, 5.41) is 11.6. The first kappa shape index (κ1) is 16.5. The number of phenols is 1. The van der Waals surface area contributed by atoms with E-state index in [1.165, 1.54) is 6.92 Å². The third kappa shape index (κ3) is 3.46. The third-order valence-corrected chi connectivity index (χ3v) is 3.36. The maximum absolute atomic E-state index is 13.2. The number of hydrogen-bond acceptors (Lipinski definition) is 3. The Kier molecular flexibility index (Phi) is 4.28. The molecule has 2 N–H and O–H groups in total. The van der Waals surface area contributed by atoms with Crippen LogP contribution in [0.15, 0.2) is 12.1 Å². The number of carbonyl (C=O) groups is 1. The van der Waals surface area contributed by atoms with Gasteiger partial charge in [0.25, 0.3) is 0 Å². The van der Waals surface area contributed by atoms with Crippen molar-refractivity contribution in [1.82, 2.24) is 10.2 Å². The summed E-state index contributed by atoms with van der Waals surface area (Å²) in [5.74, 6) is -4.32. The van der Waals surface area contributed by atoms with Gasteiger partial charge < -0.3 is 10.0 Å². The van der Waals surface area contributed by atoms with E-state index < -0.39 is 48.2 Å². The van der Waals surface area contributed by atoms with Crippen LogP contribution in [-0.4, -0.2) is 40.8 Å². The molecule has 1 fully saturated rings. The first-order chi connectivity index (χ1) is 10.1. The normalized spacial score (nSPS) is 22.5. The largest absolute Gasteiger partial charge is 0.503 e. The first-order valence-electron chi connectivity index (χ1n) is 6.38. The zero-order chi connectivity index (χ0) is 16.7. The van der Waals surface area contributed by atoms with Crippen LogP contribution in [0.1, 0.15) is 12.5 Å². The van der Waals surface area contributed by atoms with Gasteiger partial charge in [0.05, 0.1) is 12.2 Å². The smallest absolute Gasteiger partial charge is 0.406 e. The number of rotatable bonds is 3. The Bertz CT molecular complexity index is 567. The maximum atomic E-state index is 13.2. The molecule has 9 heteroatoms. The standard InChI is InChI=1S/C13H13F5N2O2/c1-6-19-10(12(22)20(6)5-13(16,17)18)4-7-2-8(14)11(21)9(15)3-7/h2-3,6,10,19,21H,4-5H2,1H3. The van der Waals surface area contributed by atoms with E-state index in [0.29, 0.717) is 4.90 Å². The van der Waals surface area contributed by atoms with Gasteiger partial charge in [0, 0.05) is 0 Å². The van der Waals surface area contributed by atoms with Gasteiger partial charge in [0.15, 0.2) is 17.4 Å². The van der Waals surface area contributed by atoms with E-state index in [2.05, 4.69) is 5.32 Å². The van der Waals surface area contributed by atoms with Gasteiger partial charge in [-0.15, -0.1) is 0 Å². The minimum absolute atomic E-state index is 0.0553. The van der Waals surface area contributed by atoms with E-state index in [0.717, 1.165) is 12.1 Å². The molecule has 1 saturated heterocycles. The Hall–Kier alpha value is -1.90. The molecular weight excluding hydrogens is 311 g/mol. The predicted molar refractivity (Wildman–Crippen MR) is 65.9 cm³/mol. The summed E-state index contributed by atoms with van der Waals surface area (Å²) in [6.07, 6.45) is -5.56. The number of carbonyl (C=O) groups excluding carboxylic acids is 1. The lowest BCUT2D eigenvalue weighted by Crippen LogP contribution is -2.41. The molecule has 0 bridgehead atoms. The number of nitrogens with zero attached hydrogens (tertiary/aromatic N) is 1. The van der Waals surface area contributed by atoms with Crippen molar-refractivity contribution >= 4 is 5.91 Å². The molecule has 122 valence electrons. The topological polar surface area (TPSA) is 52.6 Å². The van der Waals surface area contributed by atoms with Crippen LogP contribution in [0.3, 0.4) is 0 Å². The Morgan fingerprint density at radius 3 is 2.32 bits per heavy atom. The number of nitrogens with one attached hydrogen (secondary N) is 1. The fourth-order valence-electron chi connectivity index (χ4n) is 2.37. The van der Waals surface area contributed by atoms with Crippen LogP contribution < -0.4 is 5.32 Å². The molecule has 0 aliphatic carbocycles. The molecule has 0 radical (unpaired) electrons. The van der Waals surface area contributed by atoms with E-state index in [4.69, 9.17) is 5.11 Å². The molecule has 0 aromatic heterocycles. The number of benzene rings is 1. The fraction of sp³-hybridized carbons (Fsp3) is 0.462. The number of amides is 1. The summed E-state index contributed by atoms with van der Waals surface area (Å²) < 4.78 is 63.7. The summed E-state index contributed by atoms with van der Waals surface area (Å²) >= 11 is 0. The summed E-state index contributed by atoms with van der Waals surface area (Å²) in [7, 11) is 0. The number of aromatic hydroxyl groups is 1. The first-order valence-corrected chi connectivity index (χ1v) is 6.38. The van der Waals surface area contributed by atoms with Gasteiger partial charge in [0.2, 0.25) is 5.91 Å². The molecule has 2 atom stereocenters. The highest BCUT2D eigenvalue weighted by Gasteiger charge is 2.42. The molecule has 2 rings (SSSR count). The minimum atomic E-state index is -4.53. The van der Waals surface area contributed by atoms with Gasteiger partial charge in [-0.25, -0.2) is 8.78 Å². The molecule has 1 amide bonds. The third-order valence-electron chi connectivity index (χ3n) is 3.36. The predicted octanol–water partition coefficient (Wildman–Crippen LogP) is 1.92. The van der Waals surface area contributed by atoms with Crippen molar-refractivity contribution in [3.8, 4) is 5.75 Å². The highest BCUT2D eigenvalue weighted by atomic mass is 19.4. The van der Waals surface area contributed by atoms with Gasteiger partial charge in [-0.2, -0.15) is 13.2 Å². The average molecular weight is 324 g/mol. The summed E-state index contributed by atoms with van der Waals surface area (Å²) in [4.78, 5) is 12.6. The average Bonchev–Trinajstić information content (AvgIpc) is 2.62. The number of halogens is 5. The maximum Gasteiger partial charge on any atom is 0.406 e. The van der Waals surface area contributed by atoms with Crippen LogP contribution in [0.2, 0.25) is 0 Å². The van der Waals surface area contributed by atoms with Crippen molar-refractivity contribution in [2.75, 3.05) is 6.54 Å². The Morgan fingerprint density at radius 2 is 1.82 bits per heavy atom. The number of phenolic OH excluding ortho intramolecular Hbond substituents is 1. The van der Waals surface area contributed by atoms with E-state index in [9.17, 15) is 26.7 Å². The van der Waals surface area contributed by atoms with Crippen molar-refractivity contribution in [1.29, 1.82) is 0 Å². The van der Waals surface area contributed by atoms with Crippen molar-refractivity contribution in [3.05, 3.63) is 29.3 Å². The lowest BCUT2D eigenvalue weighted by atomic mass is 10.1. The SMILES string of the molecule is CC1NC(Cc2cc(F)c(O)c(F)c2)C(=O)N1CC(F)(F)F. The van der Waals surface area contributed by atoms with Gasteiger partial charge in [-0.3, -0.25) is 10.1 Å². The van der Waals surface area contributed by atoms with Gasteiger partial charge in [-0.05, 0) is 31.0 Å². The second kappa shape index (κ2) is 5.71. The van der Waals surface area contributed by atoms with Crippen molar-refractivity contribution in [3.63, 3.8) is 0 Å². The molecule has 1 aliphatic heterocycles. The van der Waals surface area contributed by atoms with Crippen molar-refractivity contribution < 1.29 is 31.9 Å². The molecule has 4 nitrogen and oxygen atoms in total. The highest BCUT2D eigenvalue weighted by molar-refractivity contribution is 5.84. The highest BCUT2D eigenvalue weighted by Crippen LogP contribution is 2.25. The molecule has 22 heavy (non-hydrogen) atoms. The quantitative estimate of drug-likeness (QED) is 0.836. The van der Waals surface area contributed by atoms with E-state index >= 15 is 0 Å². The molecule has 1 aromatic carbocycles. The zero-order valence-corrected chi connectivity index (χ0v) is 11.4. The zero-order valence-electron chi connectivity index (χ0n) is 11.4. The van der Waals surface area contributed by atoms with E-state index in [1.807, 2.05) is 0 Å². The van der Waals surface area contributed by atoms with Gasteiger partial charge in [-0.1, -0.05) is 0 Å². The molecule has 0 saturated carbocycles. The molecule has 1 aliphatic rings. The van der Waals surface area contributed by atoms with Gasteiger partial charge >= 0.3 is 6.18 Å². The molecule has 0 spiro atoms. The number of hydrogen-bond donors (Lipinski definition) is 2. The number of alkyl halides is 3. The Labute approximate surface area is 122 Å². The Morgan fingerprint density at radius 1 is 1.27 bits per heavy atom. The second-order valence-electron chi connectivity index (χ2n) is 5.09. The van der Waals surface area contributed by atoms with Crippen LogP contribution >= 0.6 is 0 Å². The minimum Gasteiger partial charge on any atom is -0.503 e. The van der Waals surface area contributed by atoms with E-state index in [1.54, 1.807) is 0 Å². The van der Waals surface area contributed by atoms with Crippen molar-refractivity contribution in [2.45, 2.75) is 31.7 Å². The monoisotopic (exact) mass is 324 g/mol. The lowest BCUT2D eigenvalue weighted by molar-refractivity contribution is -0.160. The van der Waals surface area contributed by atoms with Crippen LogP contribution in [0.25, 0.3) is 0 Å². The van der Waals surface area contributed by atoms with E-state index in [-0.39, 0.29) is 12.0 Å². The summed E-state index contributed by atoms with van der Waals surface area (Å²) in [6, 6.07) is 0.662. The molecule has 2 unspecified atom stereocenters. The van der Waals surface area contributed by atoms with Crippen LogP contribution in [-0.2, 0) is 11.2 Å². The fourth-order valence-corrected chi connectivity index (χ4v) is 2.37. The molecule has 1 heterocycles. The summed E-state index contributed by atoms with van der Waals surface area (Å²) in [5.41, 5.74) is 0.0553. The van der Waals surface area contributed by atoms with Gasteiger partial charge in [0.1, 0.15) is 6.54 Å². The van der Waals surface area contributed by atoms with Crippen LogP contribution in [0, 0.1) is 11.6 Å².